The number of rotatable bonds is 9. The van der Waals surface area contributed by atoms with Crippen LogP contribution in [0.1, 0.15) is 60.5 Å². The summed E-state index contributed by atoms with van der Waals surface area (Å²) in [6.07, 6.45) is 6.00. The number of hydrogen-bond donors (Lipinski definition) is 0. The van der Waals surface area contributed by atoms with Crippen molar-refractivity contribution in [2.45, 2.75) is 57.9 Å². The monoisotopic (exact) mass is 476 g/mol. The fourth-order valence-electron chi connectivity index (χ4n) is 5.83. The molecule has 0 N–H and O–H groups in total. The molecule has 0 spiro atoms. The summed E-state index contributed by atoms with van der Waals surface area (Å²) >= 11 is 0. The predicted molar refractivity (Wildman–Crippen MR) is 137 cm³/mol. The minimum absolute atomic E-state index is 0.224. The molecule has 1 amide bonds. The van der Waals surface area contributed by atoms with Gasteiger partial charge in [-0.25, -0.2) is 0 Å². The summed E-state index contributed by atoms with van der Waals surface area (Å²) in [7, 11) is 1.66. The van der Waals surface area contributed by atoms with Crippen molar-refractivity contribution in [3.05, 3.63) is 53.1 Å². The van der Waals surface area contributed by atoms with Crippen LogP contribution in [0.15, 0.2) is 36.4 Å². The molecule has 5 rings (SSSR count). The number of piperidine rings is 1. The van der Waals surface area contributed by atoms with Crippen LogP contribution in [0.5, 0.6) is 11.5 Å². The molecule has 3 heterocycles. The van der Waals surface area contributed by atoms with Gasteiger partial charge in [0.1, 0.15) is 6.61 Å². The molecular formula is C29H36N2O4. The molecule has 0 aliphatic carbocycles. The van der Waals surface area contributed by atoms with E-state index in [-0.39, 0.29) is 11.7 Å². The van der Waals surface area contributed by atoms with Crippen molar-refractivity contribution in [1.82, 2.24) is 4.90 Å². The Bertz CT molecular complexity index is 1090. The first kappa shape index (κ1) is 23.9. The number of aryl methyl sites for hydroxylation is 1. The van der Waals surface area contributed by atoms with E-state index in [2.05, 4.69) is 17.9 Å². The van der Waals surface area contributed by atoms with Crippen molar-refractivity contribution in [1.29, 1.82) is 0 Å². The number of hydrogen-bond acceptors (Lipinski definition) is 5. The van der Waals surface area contributed by atoms with Gasteiger partial charge in [0, 0.05) is 31.0 Å². The average molecular weight is 477 g/mol. The quantitative estimate of drug-likeness (QED) is 0.492. The lowest BCUT2D eigenvalue weighted by atomic mass is 9.88. The lowest BCUT2D eigenvalue weighted by Crippen LogP contribution is -2.42. The summed E-state index contributed by atoms with van der Waals surface area (Å²) in [6, 6.07) is 12.2. The summed E-state index contributed by atoms with van der Waals surface area (Å²) in [5.74, 6) is 2.62. The summed E-state index contributed by atoms with van der Waals surface area (Å²) in [5.41, 5.74) is 4.29. The van der Waals surface area contributed by atoms with Crippen LogP contribution >= 0.6 is 0 Å². The molecule has 1 fully saturated rings. The number of nitrogens with zero attached hydrogens (tertiary/aromatic N) is 2. The Hall–Kier alpha value is -2.86. The summed E-state index contributed by atoms with van der Waals surface area (Å²) in [5, 5.41) is 0. The number of anilines is 1. The van der Waals surface area contributed by atoms with Gasteiger partial charge in [0.05, 0.1) is 12.8 Å². The number of benzene rings is 2. The van der Waals surface area contributed by atoms with Gasteiger partial charge < -0.3 is 14.4 Å². The number of ether oxygens (including phenoxy) is 2. The van der Waals surface area contributed by atoms with Crippen LogP contribution < -0.4 is 14.4 Å². The van der Waals surface area contributed by atoms with Crippen molar-refractivity contribution in [2.24, 2.45) is 5.92 Å². The number of carbonyl (C=O) groups excluding carboxylic acids is 2. The SMILES string of the molecule is COc1ccccc1OCC(C)N1CCC(CCC(=O)c2cc3c4c(c2)CCN4C(=O)CC3)CC1. The molecular weight excluding hydrogens is 440 g/mol. The summed E-state index contributed by atoms with van der Waals surface area (Å²) in [4.78, 5) is 29.6. The molecule has 2 aromatic carbocycles. The van der Waals surface area contributed by atoms with Crippen LogP contribution in [-0.2, 0) is 17.6 Å². The molecule has 0 radical (unpaired) electrons. The van der Waals surface area contributed by atoms with E-state index < -0.39 is 0 Å². The van der Waals surface area contributed by atoms with Crippen LogP contribution in [0.2, 0.25) is 0 Å². The van der Waals surface area contributed by atoms with Crippen LogP contribution in [0.25, 0.3) is 0 Å². The van der Waals surface area contributed by atoms with Crippen molar-refractivity contribution in [3.63, 3.8) is 0 Å². The summed E-state index contributed by atoms with van der Waals surface area (Å²) in [6.45, 7) is 5.70. The normalized spacial score (nSPS) is 18.9. The zero-order valence-corrected chi connectivity index (χ0v) is 20.9. The van der Waals surface area contributed by atoms with Gasteiger partial charge in [0.15, 0.2) is 17.3 Å². The fourth-order valence-corrected chi connectivity index (χ4v) is 5.83. The number of ketones is 1. The van der Waals surface area contributed by atoms with E-state index in [4.69, 9.17) is 9.47 Å². The van der Waals surface area contributed by atoms with Gasteiger partial charge in [-0.1, -0.05) is 12.1 Å². The third-order valence-electron chi connectivity index (χ3n) is 7.97. The number of methoxy groups -OCH3 is 1. The number of amides is 1. The van der Waals surface area contributed by atoms with Gasteiger partial charge in [-0.15, -0.1) is 0 Å². The highest BCUT2D eigenvalue weighted by atomic mass is 16.5. The standard InChI is InChI=1S/C29H36N2O4/c1-20(19-35-27-6-4-3-5-26(27)34-2)30-14-11-21(12-15-30)7-9-25(32)24-17-22-8-10-28(33)31-16-13-23(18-24)29(22)31/h3-6,17-18,20-21H,7-16,19H2,1-2H3. The van der Waals surface area contributed by atoms with Crippen molar-refractivity contribution < 1.29 is 19.1 Å². The van der Waals surface area contributed by atoms with E-state index >= 15 is 0 Å². The number of carbonyl (C=O) groups is 2. The molecule has 1 atom stereocenters. The zero-order chi connectivity index (χ0) is 24.4. The molecule has 6 nitrogen and oxygen atoms in total. The minimum atomic E-state index is 0.224. The predicted octanol–water partition coefficient (Wildman–Crippen LogP) is 4.67. The van der Waals surface area contributed by atoms with Crippen molar-refractivity contribution in [2.75, 3.05) is 38.3 Å². The van der Waals surface area contributed by atoms with Gasteiger partial charge in [-0.2, -0.15) is 0 Å². The Morgan fingerprint density at radius 1 is 1.03 bits per heavy atom. The minimum Gasteiger partial charge on any atom is -0.493 e. The van der Waals surface area contributed by atoms with E-state index in [1.54, 1.807) is 7.11 Å². The van der Waals surface area contributed by atoms with Gasteiger partial charge in [0.2, 0.25) is 5.91 Å². The Morgan fingerprint density at radius 3 is 2.49 bits per heavy atom. The van der Waals surface area contributed by atoms with Gasteiger partial charge in [0.25, 0.3) is 0 Å². The molecule has 6 heteroatoms. The molecule has 1 saturated heterocycles. The largest absolute Gasteiger partial charge is 0.493 e. The highest BCUT2D eigenvalue weighted by Crippen LogP contribution is 2.38. The summed E-state index contributed by atoms with van der Waals surface area (Å²) < 4.78 is 11.4. The molecule has 3 aliphatic rings. The van der Waals surface area contributed by atoms with E-state index in [9.17, 15) is 9.59 Å². The molecule has 3 aliphatic heterocycles. The Balaban J connectivity index is 1.09. The third-order valence-corrected chi connectivity index (χ3v) is 7.97. The first-order chi connectivity index (χ1) is 17.0. The third kappa shape index (κ3) is 5.08. The second kappa shape index (κ2) is 10.4. The first-order valence-corrected chi connectivity index (χ1v) is 13.0. The van der Waals surface area contributed by atoms with Gasteiger partial charge in [-0.3, -0.25) is 14.5 Å². The number of para-hydroxylation sites is 2. The average Bonchev–Trinajstić information content (AvgIpc) is 3.33. The topological polar surface area (TPSA) is 59.1 Å². The highest BCUT2D eigenvalue weighted by Gasteiger charge is 2.32. The van der Waals surface area contributed by atoms with E-state index in [1.807, 2.05) is 35.2 Å². The molecule has 2 aromatic rings. The second-order valence-corrected chi connectivity index (χ2v) is 10.2. The van der Waals surface area contributed by atoms with Crippen LogP contribution in [-0.4, -0.2) is 56.0 Å². The smallest absolute Gasteiger partial charge is 0.227 e. The van der Waals surface area contributed by atoms with Crippen LogP contribution in [0.3, 0.4) is 0 Å². The molecule has 35 heavy (non-hydrogen) atoms. The number of Topliss-reactive ketones (excluding diaryl/α,β-unsaturated/α-hetero) is 1. The Morgan fingerprint density at radius 2 is 1.74 bits per heavy atom. The van der Waals surface area contributed by atoms with E-state index in [1.165, 1.54) is 11.1 Å². The van der Waals surface area contributed by atoms with E-state index in [0.717, 1.165) is 74.5 Å². The fraction of sp³-hybridized carbons (Fsp3) is 0.517. The molecule has 0 aromatic heterocycles. The molecule has 1 unspecified atom stereocenters. The Kier molecular flexibility index (Phi) is 7.09. The molecule has 0 bridgehead atoms. The maximum Gasteiger partial charge on any atom is 0.227 e. The number of likely N-dealkylation sites (tertiary alicyclic amines) is 1. The first-order valence-electron chi connectivity index (χ1n) is 13.0. The Labute approximate surface area is 208 Å². The zero-order valence-electron chi connectivity index (χ0n) is 20.9. The lowest BCUT2D eigenvalue weighted by molar-refractivity contribution is -0.118. The van der Waals surface area contributed by atoms with Crippen molar-refractivity contribution >= 4 is 17.4 Å². The maximum atomic E-state index is 13.0. The molecule has 186 valence electrons. The lowest BCUT2D eigenvalue weighted by Gasteiger charge is -2.36. The van der Waals surface area contributed by atoms with Crippen LogP contribution in [0.4, 0.5) is 5.69 Å². The van der Waals surface area contributed by atoms with Crippen molar-refractivity contribution in [3.8, 4) is 11.5 Å². The van der Waals surface area contributed by atoms with Gasteiger partial charge >= 0.3 is 0 Å². The van der Waals surface area contributed by atoms with E-state index in [0.29, 0.717) is 31.4 Å². The second-order valence-electron chi connectivity index (χ2n) is 10.2. The highest BCUT2D eigenvalue weighted by molar-refractivity contribution is 6.02. The molecule has 0 saturated carbocycles. The van der Waals surface area contributed by atoms with Crippen LogP contribution in [0, 0.1) is 5.92 Å². The van der Waals surface area contributed by atoms with Gasteiger partial charge in [-0.05, 0) is 93.4 Å². The maximum absolute atomic E-state index is 13.0.